The summed E-state index contributed by atoms with van der Waals surface area (Å²) in [5, 5.41) is 34.6. The Kier molecular flexibility index (Phi) is 24.1. The lowest BCUT2D eigenvalue weighted by Gasteiger charge is -2.50. The first kappa shape index (κ1) is 62.3. The van der Waals surface area contributed by atoms with Crippen molar-refractivity contribution in [2.24, 2.45) is 29.6 Å². The van der Waals surface area contributed by atoms with Crippen LogP contribution < -0.4 is 0 Å². The summed E-state index contributed by atoms with van der Waals surface area (Å²) in [4.78, 5) is 67.9. The number of cyclic esters (lactones) is 1. The molecule has 3 fully saturated rings. The molecule has 21 unspecified atom stereocenters. The zero-order valence-corrected chi connectivity index (χ0v) is 45.7. The number of aldehydes is 1. The highest BCUT2D eigenvalue weighted by Gasteiger charge is 2.53. The monoisotopic (exact) mass is 1040 g/mol. The number of aliphatic hydroxyl groups is 3. The molecule has 0 aromatic carbocycles. The summed E-state index contributed by atoms with van der Waals surface area (Å²) >= 11 is 0. The molecule has 4 aliphatic heterocycles. The number of ether oxygens (including phenoxy) is 11. The maximum atomic E-state index is 14.2. The van der Waals surface area contributed by atoms with Crippen molar-refractivity contribution in [2.45, 2.75) is 218 Å². The number of carbonyl (C=O) groups is 5. The van der Waals surface area contributed by atoms with Crippen LogP contribution in [0.4, 0.5) is 0 Å². The maximum Gasteiger partial charge on any atom is 0.309 e. The summed E-state index contributed by atoms with van der Waals surface area (Å²) in [6.45, 7) is 18.7. The zero-order valence-electron chi connectivity index (χ0n) is 45.7. The van der Waals surface area contributed by atoms with Gasteiger partial charge in [0.15, 0.2) is 30.8 Å². The molecule has 0 aromatic rings. The first-order valence-electron chi connectivity index (χ1n) is 25.9. The molecule has 0 amide bonds. The Hall–Kier alpha value is -3.25. The summed E-state index contributed by atoms with van der Waals surface area (Å²) < 4.78 is 67.2. The van der Waals surface area contributed by atoms with Gasteiger partial charge in [0.2, 0.25) is 0 Å². The third-order valence-electron chi connectivity index (χ3n) is 14.5. The number of allylic oxidation sites excluding steroid dienone is 3. The van der Waals surface area contributed by atoms with E-state index >= 15 is 0 Å². The van der Waals surface area contributed by atoms with Crippen LogP contribution >= 0.6 is 0 Å². The lowest BCUT2D eigenvalue weighted by molar-refractivity contribution is -0.342. The largest absolute Gasteiger partial charge is 0.462 e. The standard InChI is InChI=1S/C53H87NO19/c1-16-38-36(26-65-52-49(64-15)48(63-14)44(60)31(7)67-52)22-28(4)17-18-37(57)29(5)23-35(19-20-55)46(30(6)39(69-34(10)56)24-41(59)70-38)73-51-45(61)43(54(12)13)47(32(8)68-51)72-42-25-53(11,62)50(33(9)66-42)71-40(58)21-27(2)3/h17-18,20,22,27,29-33,35-36,38-39,42-52,60-62H,16,19,21,23-26H2,1-15H3/b18-17+,28-22-. The Bertz CT molecular complexity index is 1860. The summed E-state index contributed by atoms with van der Waals surface area (Å²) in [6.07, 6.45) is -8.67. The topological polar surface area (TPSA) is 251 Å². The number of rotatable bonds is 17. The van der Waals surface area contributed by atoms with E-state index in [-0.39, 0.29) is 44.0 Å². The number of ketones is 1. The number of nitrogens with zero attached hydrogens (tertiary/aromatic N) is 1. The Morgan fingerprint density at radius 1 is 0.890 bits per heavy atom. The van der Waals surface area contributed by atoms with Crippen LogP contribution in [0.3, 0.4) is 0 Å². The molecule has 418 valence electrons. The lowest BCUT2D eigenvalue weighted by Crippen LogP contribution is -2.65. The van der Waals surface area contributed by atoms with Gasteiger partial charge in [0.1, 0.15) is 54.6 Å². The number of hydrogen-bond acceptors (Lipinski definition) is 20. The van der Waals surface area contributed by atoms with Gasteiger partial charge in [0.25, 0.3) is 0 Å². The van der Waals surface area contributed by atoms with Gasteiger partial charge >= 0.3 is 17.9 Å². The first-order chi connectivity index (χ1) is 34.3. The van der Waals surface area contributed by atoms with E-state index in [2.05, 4.69) is 0 Å². The molecule has 0 aliphatic carbocycles. The molecule has 20 nitrogen and oxygen atoms in total. The molecule has 0 saturated carbocycles. The van der Waals surface area contributed by atoms with Gasteiger partial charge in [-0.15, -0.1) is 0 Å². The molecular formula is C53H87NO19. The van der Waals surface area contributed by atoms with Crippen LogP contribution in [0.2, 0.25) is 0 Å². The van der Waals surface area contributed by atoms with E-state index in [0.29, 0.717) is 18.3 Å². The molecule has 4 aliphatic rings. The lowest BCUT2D eigenvalue weighted by atomic mass is 9.79. The molecule has 20 heteroatoms. The Morgan fingerprint density at radius 3 is 2.12 bits per heavy atom. The Balaban J connectivity index is 1.66. The average molecular weight is 1040 g/mol. The first-order valence-corrected chi connectivity index (χ1v) is 25.9. The van der Waals surface area contributed by atoms with Crippen molar-refractivity contribution in [3.8, 4) is 0 Å². The number of likely N-dealkylation sites (N-methyl/N-ethyl adjacent to an activating group) is 1. The fourth-order valence-electron chi connectivity index (χ4n) is 10.6. The quantitative estimate of drug-likeness (QED) is 0.106. The SMILES string of the molecule is CCC1OC(=O)CC(OC(C)=O)C(C)C(OC2OC(C)C(OC3CC(C)(O)C(OC(=O)CC(C)C)C(C)O3)C(N(C)C)C2O)C(CC=O)CC(C)C(=O)/C=C/C(C)=C\C1COC1OC(C)C(O)C(OC)C1OC. The van der Waals surface area contributed by atoms with Crippen molar-refractivity contribution in [3.63, 3.8) is 0 Å². The molecule has 0 spiro atoms. The molecular weight excluding hydrogens is 955 g/mol. The van der Waals surface area contributed by atoms with E-state index in [1.165, 1.54) is 27.2 Å². The fourth-order valence-corrected chi connectivity index (χ4v) is 10.6. The van der Waals surface area contributed by atoms with Gasteiger partial charge in [0, 0.05) is 58.2 Å². The molecule has 4 heterocycles. The van der Waals surface area contributed by atoms with Gasteiger partial charge in [0.05, 0.1) is 43.5 Å². The number of hydrogen-bond donors (Lipinski definition) is 3. The minimum Gasteiger partial charge on any atom is -0.462 e. The van der Waals surface area contributed by atoms with Gasteiger partial charge in [-0.1, -0.05) is 52.3 Å². The second kappa shape index (κ2) is 28.2. The van der Waals surface area contributed by atoms with Gasteiger partial charge in [-0.3, -0.25) is 19.2 Å². The van der Waals surface area contributed by atoms with Crippen molar-refractivity contribution in [1.82, 2.24) is 4.90 Å². The van der Waals surface area contributed by atoms with Crippen LogP contribution in [-0.4, -0.2) is 189 Å². The highest BCUT2D eigenvalue weighted by atomic mass is 16.7. The molecule has 0 radical (unpaired) electrons. The highest BCUT2D eigenvalue weighted by molar-refractivity contribution is 5.91. The van der Waals surface area contributed by atoms with E-state index in [1.807, 2.05) is 26.8 Å². The van der Waals surface area contributed by atoms with Crippen LogP contribution in [0.1, 0.15) is 115 Å². The van der Waals surface area contributed by atoms with Gasteiger partial charge < -0.3 is 77.1 Å². The Morgan fingerprint density at radius 2 is 1.55 bits per heavy atom. The van der Waals surface area contributed by atoms with Gasteiger partial charge in [-0.25, -0.2) is 0 Å². The molecule has 3 saturated heterocycles. The highest BCUT2D eigenvalue weighted by Crippen LogP contribution is 2.39. The van der Waals surface area contributed by atoms with Crippen molar-refractivity contribution >= 4 is 30.0 Å². The van der Waals surface area contributed by atoms with Crippen LogP contribution in [0.15, 0.2) is 23.8 Å². The molecule has 73 heavy (non-hydrogen) atoms. The predicted octanol–water partition coefficient (Wildman–Crippen LogP) is 4.00. The third kappa shape index (κ3) is 16.9. The van der Waals surface area contributed by atoms with Gasteiger partial charge in [-0.05, 0) is 79.5 Å². The van der Waals surface area contributed by atoms with Crippen LogP contribution in [0.25, 0.3) is 0 Å². The van der Waals surface area contributed by atoms with Crippen molar-refractivity contribution < 1.29 is 91.4 Å². The van der Waals surface area contributed by atoms with Crippen LogP contribution in [0.5, 0.6) is 0 Å². The minimum atomic E-state index is -1.53. The van der Waals surface area contributed by atoms with Crippen LogP contribution in [-0.2, 0) is 76.1 Å². The fraction of sp³-hybridized carbons (Fsp3) is 0.830. The Labute approximate surface area is 432 Å². The normalized spacial score (nSPS) is 41.6. The van der Waals surface area contributed by atoms with E-state index < -0.39 is 152 Å². The number of esters is 3. The average Bonchev–Trinajstić information content (AvgIpc) is 3.29. The predicted molar refractivity (Wildman–Crippen MR) is 263 cm³/mol. The van der Waals surface area contributed by atoms with E-state index in [1.54, 1.807) is 73.5 Å². The second-order valence-corrected chi connectivity index (χ2v) is 21.4. The van der Waals surface area contributed by atoms with E-state index in [9.17, 15) is 39.3 Å². The minimum absolute atomic E-state index is 0.0378. The molecule has 0 aromatic heterocycles. The number of aliphatic hydroxyl groups excluding tert-OH is 2. The third-order valence-corrected chi connectivity index (χ3v) is 14.5. The zero-order chi connectivity index (χ0) is 54.6. The molecule has 0 bridgehead atoms. The van der Waals surface area contributed by atoms with E-state index in [4.69, 9.17) is 52.1 Å². The van der Waals surface area contributed by atoms with Gasteiger partial charge in [-0.2, -0.15) is 0 Å². The van der Waals surface area contributed by atoms with Crippen molar-refractivity contribution in [2.75, 3.05) is 34.9 Å². The molecule has 4 rings (SSSR count). The summed E-state index contributed by atoms with van der Waals surface area (Å²) in [5.74, 6) is -4.87. The summed E-state index contributed by atoms with van der Waals surface area (Å²) in [7, 11) is 6.41. The second-order valence-electron chi connectivity index (χ2n) is 21.4. The molecule has 3 N–H and O–H groups in total. The maximum absolute atomic E-state index is 14.2. The smallest absolute Gasteiger partial charge is 0.309 e. The molecule has 21 atom stereocenters. The van der Waals surface area contributed by atoms with E-state index in [0.717, 1.165) is 0 Å². The van der Waals surface area contributed by atoms with Crippen LogP contribution in [0, 0.1) is 29.6 Å². The number of methoxy groups -OCH3 is 2. The summed E-state index contributed by atoms with van der Waals surface area (Å²) in [6, 6.07) is -0.809. The summed E-state index contributed by atoms with van der Waals surface area (Å²) in [5.41, 5.74) is -0.865. The van der Waals surface area contributed by atoms with Crippen molar-refractivity contribution in [1.29, 1.82) is 0 Å². The van der Waals surface area contributed by atoms with Crippen molar-refractivity contribution in [3.05, 3.63) is 23.8 Å². The number of carbonyl (C=O) groups excluding carboxylic acids is 5.